The molecule has 0 aromatic carbocycles. The van der Waals surface area contributed by atoms with E-state index in [0.717, 1.165) is 10.2 Å². The van der Waals surface area contributed by atoms with Crippen LogP contribution in [0, 0.1) is 0 Å². The summed E-state index contributed by atoms with van der Waals surface area (Å²) >= 11 is 3.33. The zero-order chi connectivity index (χ0) is 13.1. The number of pyridine rings is 1. The Morgan fingerprint density at radius 3 is 2.83 bits per heavy atom. The summed E-state index contributed by atoms with van der Waals surface area (Å²) in [5.41, 5.74) is 1.22. The Kier molecular flexibility index (Phi) is 3.91. The largest absolute Gasteiger partial charge is 0.292 e. The molecule has 2 aromatic heterocycles. The number of hydrogen-bond acceptors (Lipinski definition) is 3. The number of carbonyl (C=O) groups is 1. The number of Topliss-reactive ketones (excluding diaryl/α,β-unsaturated/α-hetero) is 1. The van der Waals surface area contributed by atoms with Crippen LogP contribution in [0.25, 0.3) is 0 Å². The SMILES string of the molecule is CC(C)n1ccc(CC(=O)c2ncccc2Br)n1. The van der Waals surface area contributed by atoms with E-state index >= 15 is 0 Å². The van der Waals surface area contributed by atoms with Gasteiger partial charge in [-0.25, -0.2) is 0 Å². The van der Waals surface area contributed by atoms with E-state index in [0.29, 0.717) is 11.7 Å². The normalized spacial score (nSPS) is 10.9. The maximum atomic E-state index is 12.1. The Hall–Kier alpha value is -1.49. The molecule has 0 fully saturated rings. The van der Waals surface area contributed by atoms with Crippen LogP contribution in [0.4, 0.5) is 0 Å². The second-order valence-electron chi connectivity index (χ2n) is 4.31. The highest BCUT2D eigenvalue weighted by Crippen LogP contribution is 2.15. The fourth-order valence-electron chi connectivity index (χ4n) is 1.60. The first-order chi connectivity index (χ1) is 8.58. The van der Waals surface area contributed by atoms with E-state index in [1.807, 2.05) is 36.9 Å². The Bertz CT molecular complexity index is 563. The van der Waals surface area contributed by atoms with Crippen LogP contribution in [0.15, 0.2) is 35.1 Å². The van der Waals surface area contributed by atoms with Crippen LogP contribution in [0.3, 0.4) is 0 Å². The molecule has 0 saturated heterocycles. The molecule has 0 saturated carbocycles. The van der Waals surface area contributed by atoms with Crippen molar-refractivity contribution in [3.05, 3.63) is 46.5 Å². The number of rotatable bonds is 4. The lowest BCUT2D eigenvalue weighted by Gasteiger charge is -2.04. The first kappa shape index (κ1) is 13.0. The van der Waals surface area contributed by atoms with Gasteiger partial charge in [0.2, 0.25) is 0 Å². The van der Waals surface area contributed by atoms with Crippen molar-refractivity contribution in [2.45, 2.75) is 26.3 Å². The summed E-state index contributed by atoms with van der Waals surface area (Å²) in [5, 5.41) is 4.36. The first-order valence-electron chi connectivity index (χ1n) is 5.75. The number of hydrogen-bond donors (Lipinski definition) is 0. The summed E-state index contributed by atoms with van der Waals surface area (Å²) in [6.07, 6.45) is 3.78. The highest BCUT2D eigenvalue weighted by atomic mass is 79.9. The number of nitrogens with zero attached hydrogens (tertiary/aromatic N) is 3. The van der Waals surface area contributed by atoms with E-state index in [2.05, 4.69) is 26.0 Å². The van der Waals surface area contributed by atoms with Crippen molar-refractivity contribution >= 4 is 21.7 Å². The second kappa shape index (κ2) is 5.44. The molecule has 4 nitrogen and oxygen atoms in total. The summed E-state index contributed by atoms with van der Waals surface area (Å²) < 4.78 is 2.56. The van der Waals surface area contributed by atoms with Crippen LogP contribution in [-0.2, 0) is 6.42 Å². The summed E-state index contributed by atoms with van der Waals surface area (Å²) in [5.74, 6) is -0.0310. The predicted molar refractivity (Wildman–Crippen MR) is 72.6 cm³/mol. The van der Waals surface area contributed by atoms with Gasteiger partial charge in [-0.05, 0) is 48.0 Å². The lowest BCUT2D eigenvalue weighted by atomic mass is 10.1. The number of carbonyl (C=O) groups excluding carboxylic acids is 1. The standard InChI is InChI=1S/C13H14BrN3O/c1-9(2)17-7-5-10(16-17)8-12(18)13-11(14)4-3-6-15-13/h3-7,9H,8H2,1-2H3. The average Bonchev–Trinajstić information content (AvgIpc) is 2.78. The van der Waals surface area contributed by atoms with Crippen molar-refractivity contribution in [2.75, 3.05) is 0 Å². The molecule has 0 spiro atoms. The Labute approximate surface area is 114 Å². The molecule has 0 aliphatic carbocycles. The molecule has 0 radical (unpaired) electrons. The van der Waals surface area contributed by atoms with Gasteiger partial charge in [0.05, 0.1) is 12.1 Å². The van der Waals surface area contributed by atoms with Crippen LogP contribution in [0.2, 0.25) is 0 Å². The Balaban J connectivity index is 2.14. The summed E-state index contributed by atoms with van der Waals surface area (Å²) in [6.45, 7) is 4.10. The lowest BCUT2D eigenvalue weighted by Crippen LogP contribution is -2.08. The molecule has 94 valence electrons. The van der Waals surface area contributed by atoms with Crippen molar-refractivity contribution in [1.29, 1.82) is 0 Å². The smallest absolute Gasteiger partial charge is 0.188 e. The maximum Gasteiger partial charge on any atom is 0.188 e. The average molecular weight is 308 g/mol. The van der Waals surface area contributed by atoms with Crippen LogP contribution >= 0.6 is 15.9 Å². The Morgan fingerprint density at radius 1 is 1.44 bits per heavy atom. The van der Waals surface area contributed by atoms with E-state index in [9.17, 15) is 4.79 Å². The molecule has 0 unspecified atom stereocenters. The molecule has 2 rings (SSSR count). The minimum atomic E-state index is -0.0310. The zero-order valence-electron chi connectivity index (χ0n) is 10.3. The van der Waals surface area contributed by atoms with Gasteiger partial charge in [-0.15, -0.1) is 0 Å². The fraction of sp³-hybridized carbons (Fsp3) is 0.308. The van der Waals surface area contributed by atoms with E-state index in [-0.39, 0.29) is 12.2 Å². The zero-order valence-corrected chi connectivity index (χ0v) is 11.9. The number of aromatic nitrogens is 3. The number of halogens is 1. The number of ketones is 1. The lowest BCUT2D eigenvalue weighted by molar-refractivity contribution is 0.0986. The van der Waals surface area contributed by atoms with Gasteiger partial charge in [-0.2, -0.15) is 5.10 Å². The molecular formula is C13H14BrN3O. The highest BCUT2D eigenvalue weighted by molar-refractivity contribution is 9.10. The molecule has 0 amide bonds. The van der Waals surface area contributed by atoms with Gasteiger partial charge in [-0.3, -0.25) is 14.5 Å². The second-order valence-corrected chi connectivity index (χ2v) is 5.17. The van der Waals surface area contributed by atoms with Crippen molar-refractivity contribution in [2.24, 2.45) is 0 Å². The van der Waals surface area contributed by atoms with Crippen LogP contribution in [-0.4, -0.2) is 20.5 Å². The molecule has 5 heteroatoms. The molecule has 2 aromatic rings. The van der Waals surface area contributed by atoms with E-state index in [1.165, 1.54) is 0 Å². The summed E-state index contributed by atoms with van der Waals surface area (Å²) in [6, 6.07) is 5.77. The predicted octanol–water partition coefficient (Wildman–Crippen LogP) is 3.05. The minimum absolute atomic E-state index is 0.0310. The van der Waals surface area contributed by atoms with Crippen molar-refractivity contribution in [3.8, 4) is 0 Å². The molecule has 0 N–H and O–H groups in total. The van der Waals surface area contributed by atoms with Gasteiger partial charge >= 0.3 is 0 Å². The van der Waals surface area contributed by atoms with Crippen molar-refractivity contribution in [1.82, 2.24) is 14.8 Å². The molecule has 0 aliphatic rings. The summed E-state index contributed by atoms with van der Waals surface area (Å²) in [7, 11) is 0. The van der Waals surface area contributed by atoms with Gasteiger partial charge in [0.25, 0.3) is 0 Å². The van der Waals surface area contributed by atoms with Gasteiger partial charge in [0.15, 0.2) is 5.78 Å². The molecule has 0 aliphatic heterocycles. The first-order valence-corrected chi connectivity index (χ1v) is 6.55. The highest BCUT2D eigenvalue weighted by Gasteiger charge is 2.13. The third kappa shape index (κ3) is 2.85. The molecular weight excluding hydrogens is 294 g/mol. The van der Waals surface area contributed by atoms with Gasteiger partial charge < -0.3 is 0 Å². The van der Waals surface area contributed by atoms with Crippen LogP contribution in [0.1, 0.15) is 36.1 Å². The third-order valence-electron chi connectivity index (χ3n) is 2.56. The topological polar surface area (TPSA) is 47.8 Å². The van der Waals surface area contributed by atoms with E-state index in [1.54, 1.807) is 12.3 Å². The molecule has 18 heavy (non-hydrogen) atoms. The Morgan fingerprint density at radius 2 is 2.22 bits per heavy atom. The quantitative estimate of drug-likeness (QED) is 0.816. The van der Waals surface area contributed by atoms with Gasteiger partial charge in [0.1, 0.15) is 5.69 Å². The van der Waals surface area contributed by atoms with Crippen molar-refractivity contribution < 1.29 is 4.79 Å². The van der Waals surface area contributed by atoms with E-state index < -0.39 is 0 Å². The van der Waals surface area contributed by atoms with Crippen LogP contribution in [0.5, 0.6) is 0 Å². The monoisotopic (exact) mass is 307 g/mol. The van der Waals surface area contributed by atoms with Gasteiger partial charge in [0, 0.05) is 22.9 Å². The van der Waals surface area contributed by atoms with Crippen molar-refractivity contribution in [3.63, 3.8) is 0 Å². The third-order valence-corrected chi connectivity index (χ3v) is 3.20. The summed E-state index contributed by atoms with van der Waals surface area (Å²) in [4.78, 5) is 16.2. The molecule has 2 heterocycles. The van der Waals surface area contributed by atoms with Gasteiger partial charge in [-0.1, -0.05) is 0 Å². The molecule has 0 bridgehead atoms. The minimum Gasteiger partial charge on any atom is -0.292 e. The van der Waals surface area contributed by atoms with Crippen LogP contribution < -0.4 is 0 Å². The molecule has 0 atom stereocenters. The fourth-order valence-corrected chi connectivity index (χ4v) is 2.07. The maximum absolute atomic E-state index is 12.1. The van der Waals surface area contributed by atoms with E-state index in [4.69, 9.17) is 0 Å².